The number of rotatable bonds is 1. The first-order valence-corrected chi connectivity index (χ1v) is 3.08. The summed E-state index contributed by atoms with van der Waals surface area (Å²) >= 11 is 0. The molecule has 0 fully saturated rings. The van der Waals surface area contributed by atoms with Crippen LogP contribution in [0, 0.1) is 11.8 Å². The van der Waals surface area contributed by atoms with Gasteiger partial charge in [-0.2, -0.15) is 0 Å². The molecule has 0 radical (unpaired) electrons. The van der Waals surface area contributed by atoms with Gasteiger partial charge in [-0.1, -0.05) is 13.0 Å². The molecule has 2 atom stereocenters. The predicted octanol–water partition coefficient (Wildman–Crippen LogP) is 0.370. The van der Waals surface area contributed by atoms with Gasteiger partial charge < -0.3 is 5.11 Å². The predicted molar refractivity (Wildman–Crippen MR) is 33.9 cm³/mol. The summed E-state index contributed by atoms with van der Waals surface area (Å²) in [7, 11) is 0. The number of carbonyl (C=O) groups is 1. The monoisotopic (exact) mass is 126 g/mol. The molecule has 9 heavy (non-hydrogen) atoms. The van der Waals surface area contributed by atoms with Crippen molar-refractivity contribution in [2.24, 2.45) is 11.8 Å². The van der Waals surface area contributed by atoms with Crippen LogP contribution in [0.2, 0.25) is 0 Å². The Hall–Kier alpha value is -0.630. The fourth-order valence-electron chi connectivity index (χ4n) is 0.967. The highest BCUT2D eigenvalue weighted by Gasteiger charge is 2.24. The molecule has 0 spiro atoms. The van der Waals surface area contributed by atoms with Crippen LogP contribution in [0.4, 0.5) is 0 Å². The summed E-state index contributed by atoms with van der Waals surface area (Å²) in [5.74, 6) is 0.196. The van der Waals surface area contributed by atoms with Crippen LogP contribution in [0.5, 0.6) is 0 Å². The topological polar surface area (TPSA) is 37.3 Å². The van der Waals surface area contributed by atoms with E-state index >= 15 is 0 Å². The maximum atomic E-state index is 10.7. The Morgan fingerprint density at radius 3 is 2.67 bits per heavy atom. The number of allylic oxidation sites excluding steroid dienone is 1. The molecule has 1 N–H and O–H groups in total. The standard InChI is InChI=1S/C7H10O2/c1-5-6(4-8)2-3-7(5)9/h2-3,5-6,8H,4H2,1H3/t5-,6-/m1/s1. The molecule has 1 aliphatic carbocycles. The summed E-state index contributed by atoms with van der Waals surface area (Å²) < 4.78 is 0. The molecule has 50 valence electrons. The van der Waals surface area contributed by atoms with Gasteiger partial charge in [-0.05, 0) is 6.08 Å². The summed E-state index contributed by atoms with van der Waals surface area (Å²) in [5.41, 5.74) is 0. The molecule has 0 amide bonds. The fraction of sp³-hybridized carbons (Fsp3) is 0.571. The zero-order chi connectivity index (χ0) is 6.85. The molecular formula is C7H10O2. The maximum absolute atomic E-state index is 10.7. The average molecular weight is 126 g/mol. The summed E-state index contributed by atoms with van der Waals surface area (Å²) in [4.78, 5) is 10.7. The van der Waals surface area contributed by atoms with Crippen molar-refractivity contribution in [1.29, 1.82) is 0 Å². The first-order valence-electron chi connectivity index (χ1n) is 3.08. The Balaban J connectivity index is 2.62. The minimum absolute atomic E-state index is 0.00463. The van der Waals surface area contributed by atoms with Gasteiger partial charge in [0.2, 0.25) is 0 Å². The van der Waals surface area contributed by atoms with Crippen LogP contribution >= 0.6 is 0 Å². The van der Waals surface area contributed by atoms with Crippen molar-refractivity contribution in [3.8, 4) is 0 Å². The Morgan fingerprint density at radius 2 is 2.44 bits per heavy atom. The lowest BCUT2D eigenvalue weighted by atomic mass is 9.98. The van der Waals surface area contributed by atoms with Crippen molar-refractivity contribution in [3.05, 3.63) is 12.2 Å². The van der Waals surface area contributed by atoms with Gasteiger partial charge in [-0.3, -0.25) is 4.79 Å². The van der Waals surface area contributed by atoms with Crippen molar-refractivity contribution in [2.75, 3.05) is 6.61 Å². The first kappa shape index (κ1) is 6.49. The fourth-order valence-corrected chi connectivity index (χ4v) is 0.967. The molecule has 0 aliphatic heterocycles. The van der Waals surface area contributed by atoms with Gasteiger partial charge in [0.25, 0.3) is 0 Å². The smallest absolute Gasteiger partial charge is 0.158 e. The molecule has 1 aliphatic rings. The lowest BCUT2D eigenvalue weighted by Crippen LogP contribution is -2.14. The quantitative estimate of drug-likeness (QED) is 0.551. The molecule has 0 unspecified atom stereocenters. The second-order valence-electron chi connectivity index (χ2n) is 2.40. The average Bonchev–Trinajstić information content (AvgIpc) is 2.15. The highest BCUT2D eigenvalue weighted by Crippen LogP contribution is 2.20. The van der Waals surface area contributed by atoms with Crippen molar-refractivity contribution in [3.63, 3.8) is 0 Å². The third-order valence-corrected chi connectivity index (χ3v) is 1.81. The Morgan fingerprint density at radius 1 is 1.78 bits per heavy atom. The summed E-state index contributed by atoms with van der Waals surface area (Å²) in [6, 6.07) is 0. The molecule has 0 bridgehead atoms. The number of hydrogen-bond acceptors (Lipinski definition) is 2. The van der Waals surface area contributed by atoms with Crippen LogP contribution in [-0.4, -0.2) is 17.5 Å². The largest absolute Gasteiger partial charge is 0.396 e. The lowest BCUT2D eigenvalue weighted by Gasteiger charge is -2.07. The lowest BCUT2D eigenvalue weighted by molar-refractivity contribution is -0.118. The zero-order valence-electron chi connectivity index (χ0n) is 5.37. The van der Waals surface area contributed by atoms with Crippen molar-refractivity contribution in [1.82, 2.24) is 0 Å². The molecule has 0 aromatic rings. The van der Waals surface area contributed by atoms with E-state index < -0.39 is 0 Å². The van der Waals surface area contributed by atoms with E-state index in [0.29, 0.717) is 0 Å². The number of aliphatic hydroxyl groups excluding tert-OH is 1. The number of hydrogen-bond donors (Lipinski definition) is 1. The second-order valence-corrected chi connectivity index (χ2v) is 2.40. The molecule has 0 saturated heterocycles. The molecule has 0 saturated carbocycles. The molecule has 2 nitrogen and oxygen atoms in total. The summed E-state index contributed by atoms with van der Waals surface area (Å²) in [6.07, 6.45) is 3.32. The molecular weight excluding hydrogens is 116 g/mol. The van der Waals surface area contributed by atoms with E-state index in [1.54, 1.807) is 12.2 Å². The van der Waals surface area contributed by atoms with Crippen LogP contribution in [0.25, 0.3) is 0 Å². The number of ketones is 1. The van der Waals surface area contributed by atoms with E-state index in [9.17, 15) is 4.79 Å². The highest BCUT2D eigenvalue weighted by atomic mass is 16.3. The Bertz CT molecular complexity index is 149. The number of carbonyl (C=O) groups excluding carboxylic acids is 1. The van der Waals surface area contributed by atoms with Gasteiger partial charge >= 0.3 is 0 Å². The van der Waals surface area contributed by atoms with Gasteiger partial charge in [-0.25, -0.2) is 0 Å². The van der Waals surface area contributed by atoms with E-state index in [4.69, 9.17) is 5.11 Å². The van der Waals surface area contributed by atoms with E-state index in [-0.39, 0.29) is 24.2 Å². The van der Waals surface area contributed by atoms with Gasteiger partial charge in [-0.15, -0.1) is 0 Å². The van der Waals surface area contributed by atoms with Crippen LogP contribution in [0.1, 0.15) is 6.92 Å². The van der Waals surface area contributed by atoms with Gasteiger partial charge in [0.15, 0.2) is 5.78 Å². The third-order valence-electron chi connectivity index (χ3n) is 1.81. The Kier molecular flexibility index (Phi) is 1.67. The summed E-state index contributed by atoms with van der Waals surface area (Å²) in [6.45, 7) is 1.92. The first-order chi connectivity index (χ1) is 4.25. The van der Waals surface area contributed by atoms with E-state index in [0.717, 1.165) is 0 Å². The molecule has 0 aromatic heterocycles. The third kappa shape index (κ3) is 1.03. The minimum Gasteiger partial charge on any atom is -0.396 e. The molecule has 0 heterocycles. The Labute approximate surface area is 54.2 Å². The molecule has 0 aromatic carbocycles. The highest BCUT2D eigenvalue weighted by molar-refractivity contribution is 5.94. The van der Waals surface area contributed by atoms with Gasteiger partial charge in [0, 0.05) is 11.8 Å². The van der Waals surface area contributed by atoms with Crippen LogP contribution in [0.3, 0.4) is 0 Å². The van der Waals surface area contributed by atoms with Crippen LogP contribution < -0.4 is 0 Å². The van der Waals surface area contributed by atoms with Crippen LogP contribution in [0.15, 0.2) is 12.2 Å². The zero-order valence-corrected chi connectivity index (χ0v) is 5.37. The van der Waals surface area contributed by atoms with Gasteiger partial charge in [0.1, 0.15) is 0 Å². The van der Waals surface area contributed by atoms with Crippen molar-refractivity contribution < 1.29 is 9.90 Å². The minimum atomic E-state index is -0.00463. The van der Waals surface area contributed by atoms with Crippen molar-refractivity contribution >= 4 is 5.78 Å². The second kappa shape index (κ2) is 2.31. The van der Waals surface area contributed by atoms with E-state index in [1.807, 2.05) is 6.92 Å². The number of aliphatic hydroxyl groups is 1. The van der Waals surface area contributed by atoms with E-state index in [2.05, 4.69) is 0 Å². The molecule has 1 rings (SSSR count). The maximum Gasteiger partial charge on any atom is 0.158 e. The van der Waals surface area contributed by atoms with E-state index in [1.165, 1.54) is 0 Å². The summed E-state index contributed by atoms with van der Waals surface area (Å²) in [5, 5.41) is 8.65. The normalized spacial score (nSPS) is 33.8. The molecule has 2 heteroatoms. The SMILES string of the molecule is C[C@H]1C(=O)C=C[C@@H]1CO. The van der Waals surface area contributed by atoms with Crippen LogP contribution in [-0.2, 0) is 4.79 Å². The van der Waals surface area contributed by atoms with Crippen molar-refractivity contribution in [2.45, 2.75) is 6.92 Å². The van der Waals surface area contributed by atoms with Gasteiger partial charge in [0.05, 0.1) is 6.61 Å².